The van der Waals surface area contributed by atoms with Crippen LogP contribution in [0.25, 0.3) is 10.4 Å². The van der Waals surface area contributed by atoms with Crippen molar-refractivity contribution in [2.45, 2.75) is 50.5 Å². The highest BCUT2D eigenvalue weighted by Crippen LogP contribution is 2.37. The molecule has 0 aliphatic carbocycles. The van der Waals surface area contributed by atoms with Crippen LogP contribution < -0.4 is 11.0 Å². The summed E-state index contributed by atoms with van der Waals surface area (Å²) in [7, 11) is 0. The van der Waals surface area contributed by atoms with E-state index in [1.54, 1.807) is 20.8 Å². The maximum atomic E-state index is 12.2. The van der Waals surface area contributed by atoms with Gasteiger partial charge in [-0.25, -0.2) is 9.59 Å². The Morgan fingerprint density at radius 3 is 2.74 bits per heavy atom. The van der Waals surface area contributed by atoms with Gasteiger partial charge in [0.15, 0.2) is 6.23 Å². The number of aliphatic hydroxyl groups is 3. The van der Waals surface area contributed by atoms with Gasteiger partial charge in [0, 0.05) is 11.1 Å². The van der Waals surface area contributed by atoms with Crippen LogP contribution in [0, 0.1) is 0 Å². The van der Waals surface area contributed by atoms with E-state index in [0.717, 1.165) is 10.8 Å². The van der Waals surface area contributed by atoms with E-state index in [1.165, 1.54) is 6.07 Å². The molecule has 148 valence electrons. The summed E-state index contributed by atoms with van der Waals surface area (Å²) >= 11 is 0. The van der Waals surface area contributed by atoms with Crippen molar-refractivity contribution in [2.75, 3.05) is 11.9 Å². The predicted molar refractivity (Wildman–Crippen MR) is 89.5 cm³/mol. The summed E-state index contributed by atoms with van der Waals surface area (Å²) in [5, 5.41) is 35.0. The van der Waals surface area contributed by atoms with Crippen LogP contribution in [0.4, 0.5) is 10.6 Å². The molecule has 1 amide bonds. The van der Waals surface area contributed by atoms with E-state index in [9.17, 15) is 24.9 Å². The lowest BCUT2D eigenvalue weighted by Gasteiger charge is -2.23. The highest BCUT2D eigenvalue weighted by Gasteiger charge is 2.54. The zero-order chi connectivity index (χ0) is 20.4. The quantitative estimate of drug-likeness (QED) is 0.312. The molecule has 1 fully saturated rings. The fraction of sp³-hybridized carbons (Fsp3) is 0.643. The normalized spacial score (nSPS) is 27.7. The molecule has 27 heavy (non-hydrogen) atoms. The lowest BCUT2D eigenvalue weighted by molar-refractivity contribution is -0.125. The Bertz CT molecular complexity index is 815. The van der Waals surface area contributed by atoms with Crippen LogP contribution in [0.5, 0.6) is 0 Å². The third-order valence-electron chi connectivity index (χ3n) is 3.58. The Hall–Kier alpha value is -2.70. The summed E-state index contributed by atoms with van der Waals surface area (Å²) in [6, 6.07) is 1.24. The van der Waals surface area contributed by atoms with Crippen molar-refractivity contribution in [3.63, 3.8) is 0 Å². The summed E-state index contributed by atoms with van der Waals surface area (Å²) in [5.41, 5.74) is 4.75. The number of carbonyl (C=O) groups is 1. The maximum Gasteiger partial charge on any atom is 0.413 e. The summed E-state index contributed by atoms with van der Waals surface area (Å²) in [6.07, 6.45) is -4.62. The van der Waals surface area contributed by atoms with Crippen LogP contribution in [0.15, 0.2) is 22.2 Å². The van der Waals surface area contributed by atoms with E-state index in [2.05, 4.69) is 20.3 Å². The number of nitrogens with one attached hydrogen (secondary N) is 1. The summed E-state index contributed by atoms with van der Waals surface area (Å²) < 4.78 is 11.1. The zero-order valence-electron chi connectivity index (χ0n) is 14.8. The highest BCUT2D eigenvalue weighted by atomic mass is 16.6. The van der Waals surface area contributed by atoms with Gasteiger partial charge in [-0.3, -0.25) is 9.88 Å². The second-order valence-electron chi connectivity index (χ2n) is 6.77. The van der Waals surface area contributed by atoms with E-state index in [1.807, 2.05) is 0 Å². The summed E-state index contributed by atoms with van der Waals surface area (Å²) in [6.45, 7) is 4.07. The molecular weight excluding hydrogens is 364 g/mol. The zero-order valence-corrected chi connectivity index (χ0v) is 14.8. The number of nitrogens with zero attached hydrogens (tertiary/aromatic N) is 5. The monoisotopic (exact) mass is 384 g/mol. The van der Waals surface area contributed by atoms with E-state index in [4.69, 9.17) is 15.0 Å². The summed E-state index contributed by atoms with van der Waals surface area (Å²) in [4.78, 5) is 30.0. The lowest BCUT2D eigenvalue weighted by Crippen LogP contribution is -2.44. The van der Waals surface area contributed by atoms with Crippen molar-refractivity contribution in [1.29, 1.82) is 0 Å². The van der Waals surface area contributed by atoms with Crippen LogP contribution in [-0.4, -0.2) is 61.1 Å². The number of hydrogen-bond donors (Lipinski definition) is 4. The molecule has 1 saturated heterocycles. The molecule has 2 rings (SSSR count). The van der Waals surface area contributed by atoms with Gasteiger partial charge in [-0.2, -0.15) is 4.98 Å². The SMILES string of the molecule is CC(C)(C)OC(=O)Nc1ccn([C@@H]2OC(CO)(N=[N+]=[N-])[C@@H](O)[C@H]2O)c(=O)n1. The van der Waals surface area contributed by atoms with Crippen LogP contribution in [0.3, 0.4) is 0 Å². The second kappa shape index (κ2) is 7.50. The molecule has 13 nitrogen and oxygen atoms in total. The van der Waals surface area contributed by atoms with Crippen molar-refractivity contribution >= 4 is 11.9 Å². The molecule has 1 aromatic rings. The smallest absolute Gasteiger partial charge is 0.413 e. The first-order valence-corrected chi connectivity index (χ1v) is 7.83. The number of aromatic nitrogens is 2. The molecule has 1 aliphatic rings. The van der Waals surface area contributed by atoms with Gasteiger partial charge >= 0.3 is 11.8 Å². The number of anilines is 1. The minimum atomic E-state index is -2.15. The van der Waals surface area contributed by atoms with Gasteiger partial charge in [0.25, 0.3) is 0 Å². The summed E-state index contributed by atoms with van der Waals surface area (Å²) in [5.74, 6) is -0.109. The molecule has 0 aromatic carbocycles. The van der Waals surface area contributed by atoms with Crippen LogP contribution in [-0.2, 0) is 9.47 Å². The van der Waals surface area contributed by atoms with Crippen molar-refractivity contribution in [3.8, 4) is 0 Å². The van der Waals surface area contributed by atoms with Gasteiger partial charge in [-0.15, -0.1) is 0 Å². The third kappa shape index (κ3) is 4.35. The Labute approximate surface area is 152 Å². The Balaban J connectivity index is 2.24. The highest BCUT2D eigenvalue weighted by molar-refractivity contribution is 5.83. The van der Waals surface area contributed by atoms with Crippen molar-refractivity contribution in [3.05, 3.63) is 33.2 Å². The van der Waals surface area contributed by atoms with Gasteiger partial charge in [0.1, 0.15) is 23.6 Å². The van der Waals surface area contributed by atoms with Crippen molar-refractivity contribution in [2.24, 2.45) is 5.11 Å². The van der Waals surface area contributed by atoms with Gasteiger partial charge < -0.3 is 24.8 Å². The molecule has 1 unspecified atom stereocenters. The molecule has 1 aromatic heterocycles. The Kier molecular flexibility index (Phi) is 5.73. The van der Waals surface area contributed by atoms with Crippen LogP contribution >= 0.6 is 0 Å². The average molecular weight is 384 g/mol. The number of azide groups is 1. The molecule has 0 radical (unpaired) electrons. The topological polar surface area (TPSA) is 192 Å². The average Bonchev–Trinajstić information content (AvgIpc) is 2.79. The molecule has 4 N–H and O–H groups in total. The lowest BCUT2D eigenvalue weighted by atomic mass is 10.1. The van der Waals surface area contributed by atoms with Gasteiger partial charge in [0.05, 0.1) is 6.61 Å². The number of amides is 1. The van der Waals surface area contributed by atoms with Crippen molar-refractivity contribution < 1.29 is 29.6 Å². The van der Waals surface area contributed by atoms with Gasteiger partial charge in [0.2, 0.25) is 5.72 Å². The molecule has 1 aliphatic heterocycles. The van der Waals surface area contributed by atoms with E-state index >= 15 is 0 Å². The minimum absolute atomic E-state index is 0.109. The standard InChI is InChI=1S/C14H20N6O7/c1-13(2,3)27-12(25)17-7-4-5-20(11(24)16-7)10-8(22)9(23)14(6-21,26-10)18-19-15/h4-5,8-10,21-23H,6H2,1-3H3,(H,16,17,24,25)/t8-,9+,10-,14?/m1/s1. The number of carbonyl (C=O) groups excluding carboxylic acids is 1. The molecular formula is C14H20N6O7. The number of ether oxygens (including phenoxy) is 2. The number of rotatable bonds is 4. The van der Waals surface area contributed by atoms with Gasteiger partial charge in [-0.05, 0) is 32.4 Å². The van der Waals surface area contributed by atoms with Crippen LogP contribution in [0.2, 0.25) is 0 Å². The maximum absolute atomic E-state index is 12.2. The van der Waals surface area contributed by atoms with E-state index in [-0.39, 0.29) is 5.82 Å². The van der Waals surface area contributed by atoms with Crippen molar-refractivity contribution in [1.82, 2.24) is 9.55 Å². The number of aliphatic hydroxyl groups excluding tert-OH is 3. The van der Waals surface area contributed by atoms with Gasteiger partial charge in [-0.1, -0.05) is 5.11 Å². The van der Waals surface area contributed by atoms with E-state index < -0.39 is 48.2 Å². The second-order valence-corrected chi connectivity index (χ2v) is 6.77. The number of hydrogen-bond acceptors (Lipinski definition) is 9. The molecule has 2 heterocycles. The fourth-order valence-electron chi connectivity index (χ4n) is 2.40. The fourth-order valence-corrected chi connectivity index (χ4v) is 2.40. The van der Waals surface area contributed by atoms with Crippen LogP contribution in [0.1, 0.15) is 27.0 Å². The van der Waals surface area contributed by atoms with E-state index in [0.29, 0.717) is 0 Å². The predicted octanol–water partition coefficient (Wildman–Crippen LogP) is -0.160. The largest absolute Gasteiger partial charge is 0.444 e. The molecule has 0 bridgehead atoms. The third-order valence-corrected chi connectivity index (χ3v) is 3.58. The molecule has 4 atom stereocenters. The minimum Gasteiger partial charge on any atom is -0.444 e. The first-order chi connectivity index (χ1) is 12.5. The first kappa shape index (κ1) is 20.6. The molecule has 13 heteroatoms. The molecule has 0 saturated carbocycles. The molecule has 0 spiro atoms. The Morgan fingerprint density at radius 1 is 1.56 bits per heavy atom. The first-order valence-electron chi connectivity index (χ1n) is 7.83. The Morgan fingerprint density at radius 2 is 2.22 bits per heavy atom.